The van der Waals surface area contributed by atoms with Crippen molar-refractivity contribution in [1.29, 1.82) is 0 Å². The lowest BCUT2D eigenvalue weighted by atomic mass is 10.0. The largest absolute Gasteiger partial charge is 0.378 e. The number of carbonyl (C=O) groups excluding carboxylic acids is 3. The van der Waals surface area contributed by atoms with Crippen LogP contribution in [0.25, 0.3) is 0 Å². The maximum atomic E-state index is 13.1. The molecule has 2 aromatic rings. The van der Waals surface area contributed by atoms with Gasteiger partial charge in [0.2, 0.25) is 11.8 Å². The summed E-state index contributed by atoms with van der Waals surface area (Å²) < 4.78 is 1.98. The number of nitrogens with one attached hydrogen (secondary N) is 3. The number of nitrogens with zero attached hydrogens (tertiary/aromatic N) is 3. The standard InChI is InChI=1S/C21H24N6O3/c28-18-5-4-17(20(29)25-18)26-11-14-3-1-2-13(19(14)21(26)30)8-23-15-9-24-27(12-15)16-6-7-22-10-16/h1-3,9,12,16-17,22-23H,4-8,10-11H2,(H,25,28,29). The molecule has 0 spiro atoms. The molecule has 156 valence electrons. The van der Waals surface area contributed by atoms with Gasteiger partial charge in [0, 0.05) is 37.8 Å². The molecule has 4 heterocycles. The van der Waals surface area contributed by atoms with Crippen LogP contribution in [0.4, 0.5) is 5.69 Å². The first-order valence-corrected chi connectivity index (χ1v) is 10.3. The van der Waals surface area contributed by atoms with Gasteiger partial charge in [-0.25, -0.2) is 0 Å². The monoisotopic (exact) mass is 408 g/mol. The van der Waals surface area contributed by atoms with Crippen LogP contribution in [0, 0.1) is 0 Å². The second-order valence-corrected chi connectivity index (χ2v) is 8.06. The third-order valence-electron chi connectivity index (χ3n) is 6.13. The van der Waals surface area contributed by atoms with Crippen molar-refractivity contribution < 1.29 is 14.4 Å². The molecule has 1 aromatic carbocycles. The molecule has 0 aliphatic carbocycles. The molecular formula is C21H24N6O3. The molecule has 5 rings (SSSR count). The predicted octanol–water partition coefficient (Wildman–Crippen LogP) is 0.791. The van der Waals surface area contributed by atoms with Crippen molar-refractivity contribution in [2.45, 2.75) is 44.4 Å². The van der Waals surface area contributed by atoms with Crippen LogP contribution in [0.1, 0.15) is 46.8 Å². The first-order chi connectivity index (χ1) is 14.6. The number of rotatable bonds is 5. The van der Waals surface area contributed by atoms with Gasteiger partial charge in [0.1, 0.15) is 6.04 Å². The van der Waals surface area contributed by atoms with Gasteiger partial charge in [-0.1, -0.05) is 18.2 Å². The number of piperidine rings is 1. The smallest absolute Gasteiger partial charge is 0.255 e. The van der Waals surface area contributed by atoms with E-state index in [1.54, 1.807) is 11.1 Å². The maximum Gasteiger partial charge on any atom is 0.255 e. The molecule has 2 fully saturated rings. The van der Waals surface area contributed by atoms with E-state index in [1.165, 1.54) is 0 Å². The molecule has 3 N–H and O–H groups in total. The highest BCUT2D eigenvalue weighted by Crippen LogP contribution is 2.30. The molecule has 30 heavy (non-hydrogen) atoms. The summed E-state index contributed by atoms with van der Waals surface area (Å²) >= 11 is 0. The van der Waals surface area contributed by atoms with Gasteiger partial charge in [-0.2, -0.15) is 5.10 Å². The number of hydrogen-bond acceptors (Lipinski definition) is 6. The van der Waals surface area contributed by atoms with Gasteiger partial charge in [0.25, 0.3) is 5.91 Å². The fourth-order valence-electron chi connectivity index (χ4n) is 4.53. The topological polar surface area (TPSA) is 108 Å². The predicted molar refractivity (Wildman–Crippen MR) is 109 cm³/mol. The Morgan fingerprint density at radius 3 is 2.90 bits per heavy atom. The van der Waals surface area contributed by atoms with E-state index < -0.39 is 6.04 Å². The van der Waals surface area contributed by atoms with Gasteiger partial charge in [0.05, 0.1) is 17.9 Å². The quantitative estimate of drug-likeness (QED) is 0.632. The molecule has 2 atom stereocenters. The number of imide groups is 1. The molecule has 9 nitrogen and oxygen atoms in total. The van der Waals surface area contributed by atoms with Crippen molar-refractivity contribution in [2.75, 3.05) is 18.4 Å². The number of anilines is 1. The Kier molecular flexibility index (Phi) is 4.74. The Hall–Kier alpha value is -3.20. The fourth-order valence-corrected chi connectivity index (χ4v) is 4.53. The van der Waals surface area contributed by atoms with Crippen molar-refractivity contribution in [3.63, 3.8) is 0 Å². The minimum Gasteiger partial charge on any atom is -0.378 e. The van der Waals surface area contributed by atoms with Crippen LogP contribution in [0.3, 0.4) is 0 Å². The number of aromatic nitrogens is 2. The van der Waals surface area contributed by atoms with Crippen molar-refractivity contribution in [3.8, 4) is 0 Å². The summed E-state index contributed by atoms with van der Waals surface area (Å²) in [5, 5.41) is 13.5. The van der Waals surface area contributed by atoms with Crippen LogP contribution in [0.2, 0.25) is 0 Å². The Labute approximate surface area is 173 Å². The Bertz CT molecular complexity index is 1010. The van der Waals surface area contributed by atoms with Crippen LogP contribution in [-0.2, 0) is 22.7 Å². The number of amides is 3. The highest BCUT2D eigenvalue weighted by molar-refractivity contribution is 6.06. The second kappa shape index (κ2) is 7.56. The minimum absolute atomic E-state index is 0.148. The van der Waals surface area contributed by atoms with E-state index in [2.05, 4.69) is 21.0 Å². The average Bonchev–Trinajstić information content (AvgIpc) is 3.47. The van der Waals surface area contributed by atoms with Gasteiger partial charge in [-0.05, 0) is 30.5 Å². The zero-order valence-corrected chi connectivity index (χ0v) is 16.6. The zero-order chi connectivity index (χ0) is 20.7. The van der Waals surface area contributed by atoms with E-state index in [1.807, 2.05) is 29.1 Å². The normalized spacial score (nSPS) is 23.6. The highest BCUT2D eigenvalue weighted by Gasteiger charge is 2.39. The van der Waals surface area contributed by atoms with Crippen molar-refractivity contribution >= 4 is 23.4 Å². The second-order valence-electron chi connectivity index (χ2n) is 8.06. The van der Waals surface area contributed by atoms with Crippen LogP contribution < -0.4 is 16.0 Å². The summed E-state index contributed by atoms with van der Waals surface area (Å²) in [5.74, 6) is -0.815. The fraction of sp³-hybridized carbons (Fsp3) is 0.429. The molecule has 0 bridgehead atoms. The molecule has 2 saturated heterocycles. The van der Waals surface area contributed by atoms with Gasteiger partial charge < -0.3 is 15.5 Å². The number of carbonyl (C=O) groups is 3. The van der Waals surface area contributed by atoms with E-state index in [0.717, 1.165) is 36.3 Å². The van der Waals surface area contributed by atoms with E-state index in [-0.39, 0.29) is 24.1 Å². The summed E-state index contributed by atoms with van der Waals surface area (Å²) in [4.78, 5) is 38.4. The number of fused-ring (bicyclic) bond motifs is 1. The summed E-state index contributed by atoms with van der Waals surface area (Å²) in [6, 6.07) is 5.58. The average molecular weight is 408 g/mol. The SMILES string of the molecule is O=C1CCC(N2Cc3cccc(CNc4cnn(C5CCNC5)c4)c3C2=O)C(=O)N1. The summed E-state index contributed by atoms with van der Waals surface area (Å²) in [6.45, 7) is 2.82. The maximum absolute atomic E-state index is 13.1. The van der Waals surface area contributed by atoms with E-state index >= 15 is 0 Å². The third kappa shape index (κ3) is 3.35. The van der Waals surface area contributed by atoms with E-state index in [0.29, 0.717) is 31.1 Å². The van der Waals surface area contributed by atoms with Gasteiger partial charge in [-0.15, -0.1) is 0 Å². The first kappa shape index (κ1) is 18.8. The summed E-state index contributed by atoms with van der Waals surface area (Å²) in [7, 11) is 0. The molecule has 3 aliphatic heterocycles. The lowest BCUT2D eigenvalue weighted by molar-refractivity contribution is -0.136. The lowest BCUT2D eigenvalue weighted by Crippen LogP contribution is -2.52. The Balaban J connectivity index is 1.30. The number of hydrogen-bond donors (Lipinski definition) is 3. The summed E-state index contributed by atoms with van der Waals surface area (Å²) in [6.07, 6.45) is 5.49. The van der Waals surface area contributed by atoms with Crippen LogP contribution in [0.5, 0.6) is 0 Å². The molecule has 3 amide bonds. The lowest BCUT2D eigenvalue weighted by Gasteiger charge is -2.29. The third-order valence-corrected chi connectivity index (χ3v) is 6.13. The van der Waals surface area contributed by atoms with Crippen molar-refractivity contribution in [2.24, 2.45) is 0 Å². The molecule has 0 radical (unpaired) electrons. The van der Waals surface area contributed by atoms with Crippen molar-refractivity contribution in [3.05, 3.63) is 47.3 Å². The van der Waals surface area contributed by atoms with Crippen LogP contribution >= 0.6 is 0 Å². The molecular weight excluding hydrogens is 384 g/mol. The molecule has 1 aromatic heterocycles. The molecule has 3 aliphatic rings. The Morgan fingerprint density at radius 1 is 1.20 bits per heavy atom. The zero-order valence-electron chi connectivity index (χ0n) is 16.6. The highest BCUT2D eigenvalue weighted by atomic mass is 16.2. The van der Waals surface area contributed by atoms with Crippen LogP contribution in [-0.4, -0.2) is 51.5 Å². The molecule has 9 heteroatoms. The van der Waals surface area contributed by atoms with Crippen molar-refractivity contribution in [1.82, 2.24) is 25.3 Å². The van der Waals surface area contributed by atoms with Gasteiger partial charge >= 0.3 is 0 Å². The van der Waals surface area contributed by atoms with Crippen LogP contribution in [0.15, 0.2) is 30.6 Å². The van der Waals surface area contributed by atoms with E-state index in [4.69, 9.17) is 0 Å². The molecule has 2 unspecified atom stereocenters. The van der Waals surface area contributed by atoms with Gasteiger partial charge in [-0.3, -0.25) is 24.4 Å². The Morgan fingerprint density at radius 2 is 2.10 bits per heavy atom. The number of benzene rings is 1. The minimum atomic E-state index is -0.596. The first-order valence-electron chi connectivity index (χ1n) is 10.3. The molecule has 0 saturated carbocycles. The summed E-state index contributed by atoms with van der Waals surface area (Å²) in [5.41, 5.74) is 3.37. The van der Waals surface area contributed by atoms with E-state index in [9.17, 15) is 14.4 Å². The van der Waals surface area contributed by atoms with Gasteiger partial charge in [0.15, 0.2) is 0 Å².